The maximum atomic E-state index is 13.1. The molecule has 2 aliphatic heterocycles. The Morgan fingerprint density at radius 2 is 2.13 bits per heavy atom. The van der Waals surface area contributed by atoms with E-state index >= 15 is 0 Å². The fraction of sp³-hybridized carbons (Fsp3) is 0.696. The summed E-state index contributed by atoms with van der Waals surface area (Å²) >= 11 is 0. The number of Topliss-reactive ketones (excluding diaryl/α,β-unsaturated/α-hetero) is 1. The van der Waals surface area contributed by atoms with Gasteiger partial charge in [-0.25, -0.2) is 0 Å². The maximum absolute atomic E-state index is 13.1. The Morgan fingerprint density at radius 1 is 1.30 bits per heavy atom. The van der Waals surface area contributed by atoms with Gasteiger partial charge in [-0.1, -0.05) is 6.07 Å². The van der Waals surface area contributed by atoms with Gasteiger partial charge in [-0.05, 0) is 56.2 Å². The minimum atomic E-state index is -0.961. The van der Waals surface area contributed by atoms with E-state index < -0.39 is 23.2 Å². The van der Waals surface area contributed by atoms with Gasteiger partial charge in [0.2, 0.25) is 0 Å². The number of aliphatic hydroxyl groups is 2. The summed E-state index contributed by atoms with van der Waals surface area (Å²) in [5.74, 6) is 1.32. The largest absolute Gasteiger partial charge is 0.504 e. The van der Waals surface area contributed by atoms with E-state index in [1.807, 2.05) is 6.07 Å². The van der Waals surface area contributed by atoms with Gasteiger partial charge in [0, 0.05) is 24.6 Å². The smallest absolute Gasteiger partial charge is 0.174 e. The maximum Gasteiger partial charge on any atom is 0.174 e. The van der Waals surface area contributed by atoms with Crippen LogP contribution in [0.3, 0.4) is 0 Å². The predicted molar refractivity (Wildman–Crippen MR) is 107 cm³/mol. The SMILES string of the molecule is O=C1CC[C@@]2(OCC(O)CO)[C@H]3Cc4ccc(O)c5c4C2(CCN3CC2CC2)[C@H]1O5. The molecule has 7 nitrogen and oxygen atoms in total. The fourth-order valence-electron chi connectivity index (χ4n) is 6.83. The number of ether oxygens (including phenoxy) is 2. The van der Waals surface area contributed by atoms with Gasteiger partial charge >= 0.3 is 0 Å². The number of aliphatic hydroxyl groups excluding tert-OH is 2. The summed E-state index contributed by atoms with van der Waals surface area (Å²) in [5.41, 5.74) is 0.749. The monoisotopic (exact) mass is 415 g/mol. The molecule has 1 aromatic rings. The van der Waals surface area contributed by atoms with Crippen LogP contribution in [0.1, 0.15) is 43.2 Å². The summed E-state index contributed by atoms with van der Waals surface area (Å²) in [6.07, 6.45) is 3.35. The van der Waals surface area contributed by atoms with Crippen molar-refractivity contribution in [3.05, 3.63) is 23.3 Å². The standard InChI is InChI=1S/C23H29NO6/c25-11-15(26)12-29-23-6-5-17(28)21-22(23)7-8-24(10-13-1-2-13)18(23)9-14-3-4-16(27)20(30-21)19(14)22/h3-4,13,15,18,21,25-27H,1-2,5-12H2/t15?,18-,21+,22?,23-/m1/s1. The quantitative estimate of drug-likeness (QED) is 0.635. The van der Waals surface area contributed by atoms with E-state index in [1.165, 1.54) is 12.8 Å². The van der Waals surface area contributed by atoms with Gasteiger partial charge in [-0.3, -0.25) is 9.69 Å². The van der Waals surface area contributed by atoms with Crippen LogP contribution in [0, 0.1) is 5.92 Å². The number of carbonyl (C=O) groups is 1. The minimum Gasteiger partial charge on any atom is -0.504 e. The molecule has 3 fully saturated rings. The first-order valence-electron chi connectivity index (χ1n) is 11.2. The van der Waals surface area contributed by atoms with Crippen molar-refractivity contribution in [3.8, 4) is 11.5 Å². The summed E-state index contributed by atoms with van der Waals surface area (Å²) in [7, 11) is 0. The molecule has 0 radical (unpaired) electrons. The van der Waals surface area contributed by atoms with Gasteiger partial charge in [0.15, 0.2) is 23.4 Å². The Balaban J connectivity index is 1.53. The van der Waals surface area contributed by atoms with Crippen molar-refractivity contribution in [3.63, 3.8) is 0 Å². The Labute approximate surface area is 175 Å². The number of likely N-dealkylation sites (tertiary alicyclic amines) is 1. The molecule has 1 spiro atoms. The lowest BCUT2D eigenvalue weighted by molar-refractivity contribution is -0.222. The number of rotatable bonds is 6. The van der Waals surface area contributed by atoms with E-state index in [0.717, 1.165) is 43.0 Å². The Kier molecular flexibility index (Phi) is 4.08. The number of piperidine rings is 1. The Hall–Kier alpha value is -1.67. The second-order valence-electron chi connectivity index (χ2n) is 9.83. The van der Waals surface area contributed by atoms with E-state index in [9.17, 15) is 20.1 Å². The zero-order valence-corrected chi connectivity index (χ0v) is 17.0. The average Bonchev–Trinajstić information content (AvgIpc) is 3.49. The third kappa shape index (κ3) is 2.32. The molecule has 2 bridgehead atoms. The van der Waals surface area contributed by atoms with Crippen LogP contribution in [-0.2, 0) is 21.4 Å². The highest BCUT2D eigenvalue weighted by Gasteiger charge is 2.74. The van der Waals surface area contributed by atoms with E-state index in [1.54, 1.807) is 6.07 Å². The Bertz CT molecular complexity index is 900. The molecule has 2 saturated carbocycles. The molecule has 0 amide bonds. The van der Waals surface area contributed by atoms with Crippen molar-refractivity contribution in [2.75, 3.05) is 26.3 Å². The number of hydrogen-bond acceptors (Lipinski definition) is 7. The highest BCUT2D eigenvalue weighted by Crippen LogP contribution is 2.66. The number of phenolic OH excluding ortho intramolecular Hbond substituents is 1. The highest BCUT2D eigenvalue weighted by molar-refractivity contribution is 5.90. The number of phenols is 1. The van der Waals surface area contributed by atoms with Crippen LogP contribution in [0.5, 0.6) is 11.5 Å². The summed E-state index contributed by atoms with van der Waals surface area (Å²) in [5, 5.41) is 30.0. The van der Waals surface area contributed by atoms with Crippen molar-refractivity contribution in [2.45, 2.75) is 67.8 Å². The summed E-state index contributed by atoms with van der Waals surface area (Å²) in [6, 6.07) is 3.73. The molecular weight excluding hydrogens is 386 g/mol. The topological polar surface area (TPSA) is 99.5 Å². The van der Waals surface area contributed by atoms with Gasteiger partial charge in [0.05, 0.1) is 24.2 Å². The van der Waals surface area contributed by atoms with Crippen LogP contribution < -0.4 is 4.74 Å². The van der Waals surface area contributed by atoms with Crippen molar-refractivity contribution >= 4 is 5.78 Å². The number of benzene rings is 1. The van der Waals surface area contributed by atoms with E-state index in [4.69, 9.17) is 9.47 Å². The molecule has 5 atom stereocenters. The first-order valence-corrected chi connectivity index (χ1v) is 11.2. The Morgan fingerprint density at radius 3 is 2.90 bits per heavy atom. The molecule has 0 aromatic heterocycles. The van der Waals surface area contributed by atoms with Crippen LogP contribution in [0.2, 0.25) is 0 Å². The highest BCUT2D eigenvalue weighted by atomic mass is 16.5. The summed E-state index contributed by atoms with van der Waals surface area (Å²) < 4.78 is 12.8. The lowest BCUT2D eigenvalue weighted by Gasteiger charge is -2.64. The molecule has 7 heteroatoms. The minimum absolute atomic E-state index is 0.0242. The first-order chi connectivity index (χ1) is 14.5. The number of ketones is 1. The lowest BCUT2D eigenvalue weighted by atomic mass is 9.48. The molecule has 30 heavy (non-hydrogen) atoms. The predicted octanol–water partition coefficient (Wildman–Crippen LogP) is 0.903. The third-order valence-corrected chi connectivity index (χ3v) is 8.26. The van der Waals surface area contributed by atoms with Gasteiger partial charge in [-0.15, -0.1) is 0 Å². The molecule has 2 heterocycles. The average molecular weight is 415 g/mol. The molecular formula is C23H29NO6. The van der Waals surface area contributed by atoms with Gasteiger partial charge in [0.25, 0.3) is 0 Å². The van der Waals surface area contributed by atoms with Crippen molar-refractivity contribution in [2.24, 2.45) is 5.92 Å². The molecule has 3 aliphatic carbocycles. The molecule has 2 unspecified atom stereocenters. The molecule has 6 rings (SSSR count). The van der Waals surface area contributed by atoms with E-state index in [0.29, 0.717) is 18.6 Å². The first kappa shape index (κ1) is 19.0. The van der Waals surface area contributed by atoms with Gasteiger partial charge < -0.3 is 24.8 Å². The lowest BCUT2D eigenvalue weighted by Crippen LogP contribution is -2.77. The number of aromatic hydroxyl groups is 1. The van der Waals surface area contributed by atoms with Crippen LogP contribution in [0.15, 0.2) is 12.1 Å². The van der Waals surface area contributed by atoms with Crippen molar-refractivity contribution < 1.29 is 29.6 Å². The second-order valence-corrected chi connectivity index (χ2v) is 9.83. The summed E-state index contributed by atoms with van der Waals surface area (Å²) in [4.78, 5) is 15.6. The number of nitrogens with zero attached hydrogens (tertiary/aromatic N) is 1. The molecule has 162 valence electrons. The van der Waals surface area contributed by atoms with E-state index in [-0.39, 0.29) is 30.8 Å². The number of hydrogen-bond donors (Lipinski definition) is 3. The van der Waals surface area contributed by atoms with Gasteiger partial charge in [0.1, 0.15) is 6.10 Å². The fourth-order valence-corrected chi connectivity index (χ4v) is 6.83. The van der Waals surface area contributed by atoms with Crippen LogP contribution >= 0.6 is 0 Å². The molecule has 3 N–H and O–H groups in total. The zero-order valence-electron chi connectivity index (χ0n) is 17.0. The van der Waals surface area contributed by atoms with Crippen LogP contribution in [0.25, 0.3) is 0 Å². The van der Waals surface area contributed by atoms with Crippen molar-refractivity contribution in [1.82, 2.24) is 4.90 Å². The third-order valence-electron chi connectivity index (χ3n) is 8.26. The molecule has 5 aliphatic rings. The van der Waals surface area contributed by atoms with Crippen LogP contribution in [0.4, 0.5) is 0 Å². The zero-order chi connectivity index (χ0) is 20.7. The normalized spacial score (nSPS) is 37.6. The van der Waals surface area contributed by atoms with E-state index in [2.05, 4.69) is 4.90 Å². The second kappa shape index (κ2) is 6.42. The number of carbonyl (C=O) groups excluding carboxylic acids is 1. The van der Waals surface area contributed by atoms with Crippen molar-refractivity contribution in [1.29, 1.82) is 0 Å². The van der Waals surface area contributed by atoms with Gasteiger partial charge in [-0.2, -0.15) is 0 Å². The molecule has 1 saturated heterocycles. The van der Waals surface area contributed by atoms with Crippen LogP contribution in [-0.4, -0.2) is 76.2 Å². The molecule has 1 aromatic carbocycles. The summed E-state index contributed by atoms with van der Waals surface area (Å²) in [6.45, 7) is 1.57.